The summed E-state index contributed by atoms with van der Waals surface area (Å²) in [7, 11) is 0. The summed E-state index contributed by atoms with van der Waals surface area (Å²) >= 11 is 0. The molecule has 0 aromatic heterocycles. The van der Waals surface area contributed by atoms with Crippen LogP contribution in [0.5, 0.6) is 0 Å². The van der Waals surface area contributed by atoms with Crippen LogP contribution in [-0.2, 0) is 4.74 Å². The van der Waals surface area contributed by atoms with Crippen molar-refractivity contribution in [3.05, 3.63) is 0 Å². The maximum absolute atomic E-state index is 11.5. The summed E-state index contributed by atoms with van der Waals surface area (Å²) in [5, 5.41) is 22.7. The third-order valence-electron chi connectivity index (χ3n) is 11.8. The molecule has 6 aliphatic rings. The van der Waals surface area contributed by atoms with Crippen molar-refractivity contribution in [2.75, 3.05) is 39.4 Å². The fourth-order valence-corrected chi connectivity index (χ4v) is 9.97. The first kappa shape index (κ1) is 22.3. The van der Waals surface area contributed by atoms with E-state index in [2.05, 4.69) is 23.6 Å². The molecule has 4 saturated carbocycles. The number of fused-ring (bicyclic) bond motifs is 5. The van der Waals surface area contributed by atoms with Gasteiger partial charge < -0.3 is 14.9 Å². The summed E-state index contributed by atoms with van der Waals surface area (Å²) in [4.78, 5) is 5.16. The van der Waals surface area contributed by atoms with Gasteiger partial charge in [-0.15, -0.1) is 0 Å². The standard InChI is InChI=1S/C27H46N2O3/c1-26-8-7-20-19(21(26)16-22(25(26)31)28-9-3-4-10-28)6-5-18-15-24(30)23(17-27(18,20)2)29-11-13-32-14-12-29/h18-25,30-31H,3-17H2,1-2H3/t18?,19-,20+,21+,22?,23?,24?,25?,26+,27+/m1/s1. The summed E-state index contributed by atoms with van der Waals surface area (Å²) < 4.78 is 5.61. The zero-order chi connectivity index (χ0) is 22.1. The first-order valence-electron chi connectivity index (χ1n) is 13.8. The predicted molar refractivity (Wildman–Crippen MR) is 125 cm³/mol. The molecule has 2 N–H and O–H groups in total. The van der Waals surface area contributed by atoms with Crippen molar-refractivity contribution < 1.29 is 14.9 Å². The smallest absolute Gasteiger partial charge is 0.0751 e. The zero-order valence-corrected chi connectivity index (χ0v) is 20.4. The van der Waals surface area contributed by atoms with E-state index in [1.54, 1.807) is 0 Å². The minimum Gasteiger partial charge on any atom is -0.391 e. The van der Waals surface area contributed by atoms with Crippen molar-refractivity contribution in [2.45, 2.75) is 95.9 Å². The van der Waals surface area contributed by atoms with E-state index in [0.717, 1.165) is 51.0 Å². The van der Waals surface area contributed by atoms with Crippen LogP contribution in [0.1, 0.15) is 71.6 Å². The van der Waals surface area contributed by atoms with Crippen molar-refractivity contribution in [1.82, 2.24) is 9.80 Å². The molecule has 4 aliphatic carbocycles. The molecule has 182 valence electrons. The molecule has 32 heavy (non-hydrogen) atoms. The summed E-state index contributed by atoms with van der Waals surface area (Å²) in [5.74, 6) is 2.87. The SMILES string of the molecule is C[C@]12CC(N3CCOCC3)C(O)CC1CC[C@@H]1[C@@H]2CC[C@]2(C)C(O)C(N3CCCC3)C[C@@H]12. The Kier molecular flexibility index (Phi) is 5.70. The van der Waals surface area contributed by atoms with Crippen molar-refractivity contribution in [2.24, 2.45) is 34.5 Å². The maximum atomic E-state index is 11.5. The molecule has 2 aliphatic heterocycles. The topological polar surface area (TPSA) is 56.2 Å². The summed E-state index contributed by atoms with van der Waals surface area (Å²) in [6, 6.07) is 0.699. The summed E-state index contributed by atoms with van der Waals surface area (Å²) in [5.41, 5.74) is 0.443. The number of ether oxygens (including phenoxy) is 1. The van der Waals surface area contributed by atoms with Gasteiger partial charge in [0.15, 0.2) is 0 Å². The van der Waals surface area contributed by atoms with Gasteiger partial charge >= 0.3 is 0 Å². The van der Waals surface area contributed by atoms with E-state index in [1.165, 1.54) is 58.0 Å². The highest BCUT2D eigenvalue weighted by Crippen LogP contribution is 2.66. The average molecular weight is 447 g/mol. The Morgan fingerprint density at radius 2 is 1.50 bits per heavy atom. The van der Waals surface area contributed by atoms with Crippen molar-refractivity contribution >= 4 is 0 Å². The highest BCUT2D eigenvalue weighted by atomic mass is 16.5. The zero-order valence-electron chi connectivity index (χ0n) is 20.4. The molecule has 2 heterocycles. The van der Waals surface area contributed by atoms with E-state index >= 15 is 0 Å². The van der Waals surface area contributed by atoms with E-state index in [9.17, 15) is 10.2 Å². The number of nitrogens with zero attached hydrogens (tertiary/aromatic N) is 2. The second-order valence-corrected chi connectivity index (χ2v) is 12.9. The lowest BCUT2D eigenvalue weighted by Gasteiger charge is -2.62. The minimum absolute atomic E-state index is 0.107. The van der Waals surface area contributed by atoms with E-state index < -0.39 is 0 Å². The number of aliphatic hydroxyl groups is 2. The summed E-state index contributed by atoms with van der Waals surface area (Å²) in [6.45, 7) is 11.0. The Morgan fingerprint density at radius 3 is 2.25 bits per heavy atom. The molecular formula is C27H46N2O3. The van der Waals surface area contributed by atoms with Crippen LogP contribution in [0.2, 0.25) is 0 Å². The van der Waals surface area contributed by atoms with Gasteiger partial charge in [0.1, 0.15) is 0 Å². The van der Waals surface area contributed by atoms with Crippen LogP contribution >= 0.6 is 0 Å². The second kappa shape index (κ2) is 8.19. The molecule has 0 bridgehead atoms. The molecule has 5 nitrogen and oxygen atoms in total. The first-order chi connectivity index (χ1) is 15.4. The molecule has 0 aromatic carbocycles. The Labute approximate surface area is 194 Å². The molecule has 0 spiro atoms. The molecule has 10 atom stereocenters. The van der Waals surface area contributed by atoms with Crippen molar-refractivity contribution in [3.63, 3.8) is 0 Å². The Balaban J connectivity index is 1.25. The normalized spacial score (nSPS) is 54.8. The van der Waals surface area contributed by atoms with Gasteiger partial charge in [0.25, 0.3) is 0 Å². The van der Waals surface area contributed by atoms with Crippen LogP contribution < -0.4 is 0 Å². The molecule has 6 fully saturated rings. The predicted octanol–water partition coefficient (Wildman–Crippen LogP) is 3.14. The van der Waals surface area contributed by atoms with Crippen molar-refractivity contribution in [1.29, 1.82) is 0 Å². The Hall–Kier alpha value is -0.200. The summed E-state index contributed by atoms with van der Waals surface area (Å²) in [6.07, 6.45) is 10.7. The van der Waals surface area contributed by atoms with Gasteiger partial charge in [-0.3, -0.25) is 9.80 Å². The number of hydrogen-bond donors (Lipinski definition) is 2. The molecule has 0 aromatic rings. The number of likely N-dealkylation sites (tertiary alicyclic amines) is 1. The largest absolute Gasteiger partial charge is 0.391 e. The number of hydrogen-bond acceptors (Lipinski definition) is 5. The van der Waals surface area contributed by atoms with Gasteiger partial charge in [-0.25, -0.2) is 0 Å². The molecule has 5 heteroatoms. The van der Waals surface area contributed by atoms with Crippen LogP contribution in [0.25, 0.3) is 0 Å². The highest BCUT2D eigenvalue weighted by Gasteiger charge is 2.63. The molecule has 0 amide bonds. The minimum atomic E-state index is -0.176. The maximum Gasteiger partial charge on any atom is 0.0751 e. The van der Waals surface area contributed by atoms with Crippen LogP contribution in [0, 0.1) is 34.5 Å². The van der Waals surface area contributed by atoms with Crippen LogP contribution in [-0.4, -0.2) is 83.7 Å². The fourth-order valence-electron chi connectivity index (χ4n) is 9.97. The van der Waals surface area contributed by atoms with Gasteiger partial charge in [0.05, 0.1) is 25.4 Å². The van der Waals surface area contributed by atoms with Gasteiger partial charge in [0, 0.05) is 25.2 Å². The quantitative estimate of drug-likeness (QED) is 0.683. The fraction of sp³-hybridized carbons (Fsp3) is 1.00. The molecule has 2 saturated heterocycles. The second-order valence-electron chi connectivity index (χ2n) is 12.9. The first-order valence-corrected chi connectivity index (χ1v) is 13.8. The molecule has 0 radical (unpaired) electrons. The highest BCUT2D eigenvalue weighted by molar-refractivity contribution is 5.14. The number of aliphatic hydroxyl groups excluding tert-OH is 2. The average Bonchev–Trinajstić information content (AvgIpc) is 3.41. The van der Waals surface area contributed by atoms with Gasteiger partial charge in [-0.05, 0) is 105 Å². The van der Waals surface area contributed by atoms with Crippen molar-refractivity contribution in [3.8, 4) is 0 Å². The third-order valence-corrected chi connectivity index (χ3v) is 11.8. The molecule has 6 rings (SSSR count). The number of morpholine rings is 1. The lowest BCUT2D eigenvalue weighted by atomic mass is 9.44. The lowest BCUT2D eigenvalue weighted by Crippen LogP contribution is -2.61. The van der Waals surface area contributed by atoms with E-state index in [4.69, 9.17) is 4.74 Å². The van der Waals surface area contributed by atoms with E-state index in [-0.39, 0.29) is 17.6 Å². The third kappa shape index (κ3) is 3.28. The van der Waals surface area contributed by atoms with Crippen LogP contribution in [0.15, 0.2) is 0 Å². The monoisotopic (exact) mass is 446 g/mol. The van der Waals surface area contributed by atoms with Crippen LogP contribution in [0.3, 0.4) is 0 Å². The number of rotatable bonds is 2. The van der Waals surface area contributed by atoms with E-state index in [1.807, 2.05) is 0 Å². The van der Waals surface area contributed by atoms with Gasteiger partial charge in [0.2, 0.25) is 0 Å². The van der Waals surface area contributed by atoms with E-state index in [0.29, 0.717) is 29.3 Å². The molecular weight excluding hydrogens is 400 g/mol. The molecule has 5 unspecified atom stereocenters. The Bertz CT molecular complexity index is 692. The van der Waals surface area contributed by atoms with Gasteiger partial charge in [-0.2, -0.15) is 0 Å². The Morgan fingerprint density at radius 1 is 0.781 bits per heavy atom. The lowest BCUT2D eigenvalue weighted by molar-refractivity contribution is -0.158. The van der Waals surface area contributed by atoms with Gasteiger partial charge in [-0.1, -0.05) is 13.8 Å². The van der Waals surface area contributed by atoms with Crippen LogP contribution in [0.4, 0.5) is 0 Å².